The molecule has 0 aliphatic carbocycles. The fourth-order valence-electron chi connectivity index (χ4n) is 5.75. The van der Waals surface area contributed by atoms with E-state index in [4.69, 9.17) is 11.6 Å². The Bertz CT molecular complexity index is 1540. The van der Waals surface area contributed by atoms with E-state index in [1.165, 1.54) is 0 Å². The van der Waals surface area contributed by atoms with Gasteiger partial charge in [-0.05, 0) is 74.0 Å². The van der Waals surface area contributed by atoms with Crippen LogP contribution in [0.25, 0.3) is 10.9 Å². The number of piperidine rings is 1. The van der Waals surface area contributed by atoms with E-state index in [1.54, 1.807) is 17.0 Å². The van der Waals surface area contributed by atoms with E-state index in [2.05, 4.69) is 20.5 Å². The molecule has 0 saturated carbocycles. The Kier molecular flexibility index (Phi) is 8.87. The quantitative estimate of drug-likeness (QED) is 0.213. The van der Waals surface area contributed by atoms with Crippen LogP contribution in [-0.4, -0.2) is 65.1 Å². The highest BCUT2D eigenvalue weighted by molar-refractivity contribution is 6.30. The molecule has 1 aliphatic heterocycles. The van der Waals surface area contributed by atoms with Gasteiger partial charge in [0.2, 0.25) is 5.91 Å². The van der Waals surface area contributed by atoms with Crippen LogP contribution in [0.5, 0.6) is 0 Å². The molecular weight excluding hydrogens is 550 g/mol. The van der Waals surface area contributed by atoms with Crippen molar-refractivity contribution in [1.82, 2.24) is 20.1 Å². The lowest BCUT2D eigenvalue weighted by Gasteiger charge is -2.39. The first kappa shape index (κ1) is 29.6. The average Bonchev–Trinajstić information content (AvgIpc) is 3.40. The molecule has 1 saturated heterocycles. The number of benzene rings is 3. The smallest absolute Gasteiger partial charge is 0.318 e. The number of aromatic amines is 1. The van der Waals surface area contributed by atoms with Crippen molar-refractivity contribution >= 4 is 40.1 Å². The number of carbonyl (C=O) groups is 2. The maximum atomic E-state index is 13.8. The molecule has 220 valence electrons. The summed E-state index contributed by atoms with van der Waals surface area (Å²) in [5.74, 6) is -0.622. The monoisotopic (exact) mass is 587 g/mol. The third kappa shape index (κ3) is 6.62. The Morgan fingerprint density at radius 2 is 1.76 bits per heavy atom. The van der Waals surface area contributed by atoms with E-state index in [9.17, 15) is 14.7 Å². The summed E-state index contributed by atoms with van der Waals surface area (Å²) in [4.78, 5) is 34.5. The summed E-state index contributed by atoms with van der Waals surface area (Å²) in [7, 11) is 3.99. The van der Waals surface area contributed by atoms with Crippen molar-refractivity contribution in [3.8, 4) is 0 Å². The molecule has 42 heavy (non-hydrogen) atoms. The van der Waals surface area contributed by atoms with Crippen molar-refractivity contribution < 1.29 is 14.7 Å². The number of carbonyl (C=O) groups excluding carboxylic acids is 2. The van der Waals surface area contributed by atoms with Gasteiger partial charge in [-0.1, -0.05) is 61.0 Å². The fraction of sp³-hybridized carbons (Fsp3) is 0.333. The second kappa shape index (κ2) is 12.6. The molecule has 0 bridgehead atoms. The van der Waals surface area contributed by atoms with Crippen LogP contribution < -0.4 is 10.6 Å². The van der Waals surface area contributed by atoms with Gasteiger partial charge in [-0.3, -0.25) is 4.79 Å². The van der Waals surface area contributed by atoms with Gasteiger partial charge in [0, 0.05) is 53.4 Å². The minimum absolute atomic E-state index is 0.294. The Morgan fingerprint density at radius 1 is 1.05 bits per heavy atom. The van der Waals surface area contributed by atoms with Gasteiger partial charge in [0.1, 0.15) is 6.04 Å². The van der Waals surface area contributed by atoms with Crippen molar-refractivity contribution in [2.24, 2.45) is 0 Å². The van der Waals surface area contributed by atoms with Crippen LogP contribution in [0.3, 0.4) is 0 Å². The fourth-order valence-corrected chi connectivity index (χ4v) is 5.88. The zero-order valence-corrected chi connectivity index (χ0v) is 25.0. The maximum Gasteiger partial charge on any atom is 0.318 e. The predicted molar refractivity (Wildman–Crippen MR) is 168 cm³/mol. The molecule has 3 aromatic carbocycles. The molecule has 1 aromatic heterocycles. The number of fused-ring (bicyclic) bond motifs is 1. The summed E-state index contributed by atoms with van der Waals surface area (Å²) in [6.45, 7) is 3.41. The second-order valence-corrected chi connectivity index (χ2v) is 11.9. The van der Waals surface area contributed by atoms with Gasteiger partial charge in [0.15, 0.2) is 0 Å². The highest BCUT2D eigenvalue weighted by atomic mass is 35.5. The minimum atomic E-state index is -1.03. The lowest BCUT2D eigenvalue weighted by atomic mass is 9.84. The Morgan fingerprint density at radius 3 is 2.48 bits per heavy atom. The lowest BCUT2D eigenvalue weighted by molar-refractivity contribution is -0.118. The molecule has 9 heteroatoms. The number of urea groups is 1. The van der Waals surface area contributed by atoms with Crippen molar-refractivity contribution in [3.63, 3.8) is 0 Å². The van der Waals surface area contributed by atoms with Crippen LogP contribution >= 0.6 is 11.6 Å². The first-order valence-electron chi connectivity index (χ1n) is 14.3. The molecule has 1 fully saturated rings. The molecular formula is C33H38ClN5O3. The lowest BCUT2D eigenvalue weighted by Crippen LogP contribution is -2.54. The molecule has 2 atom stereocenters. The summed E-state index contributed by atoms with van der Waals surface area (Å²) in [6.07, 6.45) is 2.68. The predicted octanol–water partition coefficient (Wildman–Crippen LogP) is 5.69. The van der Waals surface area contributed by atoms with Crippen molar-refractivity contribution in [1.29, 1.82) is 0 Å². The minimum Gasteiger partial charge on any atom is -0.385 e. The molecule has 5 rings (SSSR count). The number of amides is 3. The highest BCUT2D eigenvalue weighted by Crippen LogP contribution is 2.34. The average molecular weight is 588 g/mol. The number of hydrogen-bond donors (Lipinski definition) is 4. The van der Waals surface area contributed by atoms with Gasteiger partial charge in [-0.15, -0.1) is 0 Å². The first-order valence-corrected chi connectivity index (χ1v) is 14.7. The SMILES string of the molecule is CC(c1c[nH]c2ccccc12)C(NC(=O)N1CCC(O)(c2ccc(Cl)cc2)CC1)C(=O)Nc1cccc(CN(C)C)c1. The molecule has 0 spiro atoms. The van der Waals surface area contributed by atoms with Crippen molar-refractivity contribution in [3.05, 3.63) is 101 Å². The third-order valence-electron chi connectivity index (χ3n) is 8.13. The molecule has 4 N–H and O–H groups in total. The summed E-state index contributed by atoms with van der Waals surface area (Å²) >= 11 is 6.03. The van der Waals surface area contributed by atoms with E-state index in [-0.39, 0.29) is 17.9 Å². The Labute approximate surface area is 251 Å². The topological polar surface area (TPSA) is 101 Å². The number of rotatable bonds is 8. The van der Waals surface area contributed by atoms with Gasteiger partial charge in [-0.2, -0.15) is 0 Å². The molecule has 0 radical (unpaired) electrons. The van der Waals surface area contributed by atoms with Crippen LogP contribution in [0.15, 0.2) is 79.0 Å². The van der Waals surface area contributed by atoms with Gasteiger partial charge < -0.3 is 30.5 Å². The number of likely N-dealkylation sites (tertiary alicyclic amines) is 1. The summed E-state index contributed by atoms with van der Waals surface area (Å²) < 4.78 is 0. The summed E-state index contributed by atoms with van der Waals surface area (Å²) in [5, 5.41) is 19.0. The van der Waals surface area contributed by atoms with Crippen LogP contribution in [-0.2, 0) is 16.9 Å². The number of nitrogens with one attached hydrogen (secondary N) is 3. The molecule has 4 aromatic rings. The number of para-hydroxylation sites is 1. The highest BCUT2D eigenvalue weighted by Gasteiger charge is 2.37. The van der Waals surface area contributed by atoms with Gasteiger partial charge in [0.05, 0.1) is 5.60 Å². The van der Waals surface area contributed by atoms with E-state index < -0.39 is 11.6 Å². The third-order valence-corrected chi connectivity index (χ3v) is 8.38. The van der Waals surface area contributed by atoms with Crippen LogP contribution in [0.1, 0.15) is 42.4 Å². The second-order valence-electron chi connectivity index (χ2n) is 11.5. The number of H-pyrrole nitrogens is 1. The van der Waals surface area contributed by atoms with Crippen molar-refractivity contribution in [2.75, 3.05) is 32.5 Å². The van der Waals surface area contributed by atoms with Crippen LogP contribution in [0, 0.1) is 0 Å². The summed E-state index contributed by atoms with van der Waals surface area (Å²) in [6, 6.07) is 21.7. The van der Waals surface area contributed by atoms with Gasteiger partial charge in [0.25, 0.3) is 0 Å². The molecule has 2 heterocycles. The molecule has 3 amide bonds. The number of aromatic nitrogens is 1. The Hall–Kier alpha value is -3.85. The van der Waals surface area contributed by atoms with E-state index >= 15 is 0 Å². The number of aliphatic hydroxyl groups is 1. The van der Waals surface area contributed by atoms with Crippen LogP contribution in [0.2, 0.25) is 5.02 Å². The molecule has 2 unspecified atom stereocenters. The number of anilines is 1. The molecule has 1 aliphatic rings. The molecule has 8 nitrogen and oxygen atoms in total. The van der Waals surface area contributed by atoms with Gasteiger partial charge in [-0.25, -0.2) is 4.79 Å². The van der Waals surface area contributed by atoms with E-state index in [1.807, 2.05) is 87.9 Å². The summed E-state index contributed by atoms with van der Waals surface area (Å²) in [5.41, 5.74) is 3.42. The van der Waals surface area contributed by atoms with E-state index in [0.29, 0.717) is 36.6 Å². The van der Waals surface area contributed by atoms with Gasteiger partial charge >= 0.3 is 6.03 Å². The van der Waals surface area contributed by atoms with Crippen molar-refractivity contribution in [2.45, 2.75) is 43.9 Å². The number of halogens is 1. The zero-order valence-electron chi connectivity index (χ0n) is 24.2. The van der Waals surface area contributed by atoms with Crippen LogP contribution in [0.4, 0.5) is 10.5 Å². The normalized spacial score (nSPS) is 16.3. The number of nitrogens with zero attached hydrogens (tertiary/aromatic N) is 2. The first-order chi connectivity index (χ1) is 20.1. The number of hydrogen-bond acceptors (Lipinski definition) is 4. The Balaban J connectivity index is 1.34. The zero-order chi connectivity index (χ0) is 29.9. The van der Waals surface area contributed by atoms with E-state index in [0.717, 1.165) is 34.1 Å². The standard InChI is InChI=1S/C33H38ClN5O3/c1-22(28-20-35-29-10-5-4-9-27(28)29)30(31(40)36-26-8-6-7-23(19-26)21-38(2)3)37-32(41)39-17-15-33(42,16-18-39)24-11-13-25(34)14-12-24/h4-14,19-20,22,30,35,42H,15-18,21H2,1-3H3,(H,36,40)(H,37,41). The maximum absolute atomic E-state index is 13.8. The largest absolute Gasteiger partial charge is 0.385 e.